The summed E-state index contributed by atoms with van der Waals surface area (Å²) in [4.78, 5) is 24.1. The van der Waals surface area contributed by atoms with Gasteiger partial charge in [0, 0.05) is 12.0 Å². The van der Waals surface area contributed by atoms with Crippen molar-refractivity contribution in [1.29, 1.82) is 0 Å². The number of hydrogen-bond acceptors (Lipinski definition) is 5. The Morgan fingerprint density at radius 3 is 2.22 bits per heavy atom. The van der Waals surface area contributed by atoms with E-state index >= 15 is 0 Å². The van der Waals surface area contributed by atoms with Crippen LogP contribution in [0.25, 0.3) is 0 Å². The maximum Gasteiger partial charge on any atom is 0.306 e. The number of carbonyl (C=O) groups excluding carboxylic acids is 2. The van der Waals surface area contributed by atoms with Crippen LogP contribution in [-0.2, 0) is 19.6 Å². The molecule has 0 atom stereocenters. The molecule has 0 aliphatic carbocycles. The van der Waals surface area contributed by atoms with Crippen molar-refractivity contribution < 1.29 is 22.7 Å². The van der Waals surface area contributed by atoms with Crippen LogP contribution in [-0.4, -0.2) is 26.8 Å². The van der Waals surface area contributed by atoms with Crippen LogP contribution in [0.1, 0.15) is 41.3 Å². The lowest BCUT2D eigenvalue weighted by Crippen LogP contribution is -2.16. The number of ether oxygens (including phenoxy) is 1. The van der Waals surface area contributed by atoms with E-state index in [9.17, 15) is 18.0 Å². The maximum absolute atomic E-state index is 12.6. The molecule has 144 valence electrons. The molecule has 0 amide bonds. The van der Waals surface area contributed by atoms with E-state index < -0.39 is 16.0 Å². The van der Waals surface area contributed by atoms with E-state index in [1.54, 1.807) is 44.2 Å². The van der Waals surface area contributed by atoms with Crippen LogP contribution in [0.3, 0.4) is 0 Å². The van der Waals surface area contributed by atoms with E-state index in [-0.39, 0.29) is 41.4 Å². The normalized spacial score (nSPS) is 11.1. The maximum atomic E-state index is 12.6. The van der Waals surface area contributed by atoms with Gasteiger partial charge in [-0.05, 0) is 45.0 Å². The second kappa shape index (κ2) is 8.81. The molecule has 0 spiro atoms. The molecular weight excluding hydrogens is 366 g/mol. The summed E-state index contributed by atoms with van der Waals surface area (Å²) in [5, 5.41) is 0. The Kier molecular flexibility index (Phi) is 6.74. The highest BCUT2D eigenvalue weighted by molar-refractivity contribution is 7.92. The van der Waals surface area contributed by atoms with Crippen LogP contribution in [0.5, 0.6) is 0 Å². The Morgan fingerprint density at radius 1 is 0.963 bits per heavy atom. The number of anilines is 1. The molecule has 0 saturated carbocycles. The number of aryl methyl sites for hydroxylation is 2. The van der Waals surface area contributed by atoms with Crippen molar-refractivity contribution in [1.82, 2.24) is 0 Å². The van der Waals surface area contributed by atoms with Crippen LogP contribution in [0, 0.1) is 13.8 Å². The number of Topliss-reactive ketones (excluding diaryl/α,β-unsaturated/α-hetero) is 1. The first kappa shape index (κ1) is 20.6. The number of sulfonamides is 1. The van der Waals surface area contributed by atoms with Gasteiger partial charge in [0.15, 0.2) is 5.78 Å². The molecule has 0 aliphatic rings. The second-order valence-electron chi connectivity index (χ2n) is 6.20. The fourth-order valence-corrected chi connectivity index (χ4v) is 3.56. The summed E-state index contributed by atoms with van der Waals surface area (Å²) < 4.78 is 32.6. The van der Waals surface area contributed by atoms with Gasteiger partial charge in [0.1, 0.15) is 0 Å². The van der Waals surface area contributed by atoms with Gasteiger partial charge in [0.25, 0.3) is 10.0 Å². The second-order valence-corrected chi connectivity index (χ2v) is 7.88. The quantitative estimate of drug-likeness (QED) is 0.550. The van der Waals surface area contributed by atoms with Gasteiger partial charge in [-0.25, -0.2) is 8.42 Å². The number of esters is 1. The highest BCUT2D eigenvalue weighted by Gasteiger charge is 2.19. The summed E-state index contributed by atoms with van der Waals surface area (Å²) in [7, 11) is -3.83. The molecule has 2 aromatic carbocycles. The van der Waals surface area contributed by atoms with E-state index in [0.29, 0.717) is 0 Å². The summed E-state index contributed by atoms with van der Waals surface area (Å²) >= 11 is 0. The van der Waals surface area contributed by atoms with Gasteiger partial charge < -0.3 is 4.74 Å². The fourth-order valence-electron chi connectivity index (χ4n) is 2.48. The van der Waals surface area contributed by atoms with Crippen molar-refractivity contribution in [3.8, 4) is 0 Å². The molecule has 0 unspecified atom stereocenters. The van der Waals surface area contributed by atoms with Gasteiger partial charge >= 0.3 is 5.97 Å². The minimum absolute atomic E-state index is 0.0508. The molecular formula is C20H23NO5S. The van der Waals surface area contributed by atoms with Gasteiger partial charge in [-0.2, -0.15) is 0 Å². The minimum Gasteiger partial charge on any atom is -0.466 e. The molecule has 0 fully saturated rings. The fraction of sp³-hybridized carbons (Fsp3) is 0.300. The smallest absolute Gasteiger partial charge is 0.306 e. The van der Waals surface area contributed by atoms with Crippen molar-refractivity contribution in [2.45, 2.75) is 38.5 Å². The Hall–Kier alpha value is -2.67. The third-order valence-electron chi connectivity index (χ3n) is 3.91. The van der Waals surface area contributed by atoms with E-state index in [0.717, 1.165) is 11.1 Å². The van der Waals surface area contributed by atoms with Crippen molar-refractivity contribution in [2.24, 2.45) is 0 Å². The molecule has 2 rings (SSSR count). The molecule has 0 bridgehead atoms. The standard InChI is InChI=1S/C20H23NO5S/c1-4-26-20(23)12-11-19(22)17-13-15(3)7-10-18(17)21-27(24,25)16-8-5-14(2)6-9-16/h5-10,13,21H,4,11-12H2,1-3H3. The molecule has 27 heavy (non-hydrogen) atoms. The summed E-state index contributed by atoms with van der Waals surface area (Å²) in [5.74, 6) is -0.784. The zero-order valence-corrected chi connectivity index (χ0v) is 16.4. The average molecular weight is 389 g/mol. The SMILES string of the molecule is CCOC(=O)CCC(=O)c1cc(C)ccc1NS(=O)(=O)c1ccc(C)cc1. The predicted molar refractivity (Wildman–Crippen MR) is 103 cm³/mol. The largest absolute Gasteiger partial charge is 0.466 e. The molecule has 0 radical (unpaired) electrons. The molecule has 1 N–H and O–H groups in total. The number of benzene rings is 2. The van der Waals surface area contributed by atoms with E-state index in [4.69, 9.17) is 4.74 Å². The highest BCUT2D eigenvalue weighted by atomic mass is 32.2. The summed E-state index contributed by atoms with van der Waals surface area (Å²) in [6.45, 7) is 5.61. The van der Waals surface area contributed by atoms with Gasteiger partial charge in [-0.3, -0.25) is 14.3 Å². The number of hydrogen-bond donors (Lipinski definition) is 1. The molecule has 2 aromatic rings. The third-order valence-corrected chi connectivity index (χ3v) is 5.29. The van der Waals surface area contributed by atoms with Crippen LogP contribution in [0.4, 0.5) is 5.69 Å². The van der Waals surface area contributed by atoms with Gasteiger partial charge in [0.05, 0.1) is 23.6 Å². The lowest BCUT2D eigenvalue weighted by Gasteiger charge is -2.13. The Bertz CT molecular complexity index is 933. The van der Waals surface area contributed by atoms with E-state index in [2.05, 4.69) is 4.72 Å². The lowest BCUT2D eigenvalue weighted by molar-refractivity contribution is -0.143. The average Bonchev–Trinajstić information content (AvgIpc) is 2.61. The predicted octanol–water partition coefficient (Wildman–Crippen LogP) is 3.63. The van der Waals surface area contributed by atoms with Crippen LogP contribution in [0.15, 0.2) is 47.4 Å². The summed E-state index contributed by atoms with van der Waals surface area (Å²) in [6.07, 6.45) is -0.105. The molecule has 0 heterocycles. The third kappa shape index (κ3) is 5.65. The van der Waals surface area contributed by atoms with Gasteiger partial charge in [0.2, 0.25) is 0 Å². The Balaban J connectivity index is 2.26. The van der Waals surface area contributed by atoms with Gasteiger partial charge in [-0.15, -0.1) is 0 Å². The minimum atomic E-state index is -3.83. The zero-order chi connectivity index (χ0) is 20.0. The number of ketones is 1. The molecule has 0 saturated heterocycles. The first-order valence-electron chi connectivity index (χ1n) is 8.62. The van der Waals surface area contributed by atoms with Gasteiger partial charge in [-0.1, -0.05) is 29.3 Å². The zero-order valence-electron chi connectivity index (χ0n) is 15.6. The number of rotatable bonds is 8. The first-order chi connectivity index (χ1) is 12.7. The van der Waals surface area contributed by atoms with Crippen molar-refractivity contribution in [3.05, 3.63) is 59.2 Å². The number of nitrogens with one attached hydrogen (secondary N) is 1. The van der Waals surface area contributed by atoms with E-state index in [1.165, 1.54) is 12.1 Å². The summed E-state index contributed by atoms with van der Waals surface area (Å²) in [6, 6.07) is 11.3. The van der Waals surface area contributed by atoms with Crippen molar-refractivity contribution in [3.63, 3.8) is 0 Å². The molecule has 0 aliphatic heterocycles. The van der Waals surface area contributed by atoms with Crippen molar-refractivity contribution in [2.75, 3.05) is 11.3 Å². The molecule has 0 aromatic heterocycles. The van der Waals surface area contributed by atoms with Crippen LogP contribution < -0.4 is 4.72 Å². The Morgan fingerprint density at radius 2 is 1.59 bits per heavy atom. The first-order valence-corrected chi connectivity index (χ1v) is 10.1. The van der Waals surface area contributed by atoms with E-state index in [1.807, 2.05) is 6.92 Å². The monoisotopic (exact) mass is 389 g/mol. The van der Waals surface area contributed by atoms with Crippen LogP contribution in [0.2, 0.25) is 0 Å². The molecule has 6 nitrogen and oxygen atoms in total. The van der Waals surface area contributed by atoms with Crippen LogP contribution >= 0.6 is 0 Å². The Labute approximate surface area is 159 Å². The summed E-state index contributed by atoms with van der Waals surface area (Å²) in [5.41, 5.74) is 2.18. The van der Waals surface area contributed by atoms with Crippen molar-refractivity contribution >= 4 is 27.5 Å². The number of carbonyl (C=O) groups is 2. The lowest BCUT2D eigenvalue weighted by atomic mass is 10.0. The highest BCUT2D eigenvalue weighted by Crippen LogP contribution is 2.23. The topological polar surface area (TPSA) is 89.5 Å². The molecule has 7 heteroatoms.